The van der Waals surface area contributed by atoms with Crippen molar-refractivity contribution >= 4 is 18.0 Å². The molecule has 2 rings (SSSR count). The van der Waals surface area contributed by atoms with Crippen molar-refractivity contribution in [3.05, 3.63) is 0 Å². The second-order valence-electron chi connectivity index (χ2n) is 4.93. The van der Waals surface area contributed by atoms with Gasteiger partial charge in [-0.05, 0) is 19.3 Å². The number of ether oxygens (including phenoxy) is 1. The smallest absolute Gasteiger partial charge is 0.326 e. The van der Waals surface area contributed by atoms with Gasteiger partial charge in [-0.2, -0.15) is 0 Å². The largest absolute Gasteiger partial charge is 0.480 e. The monoisotopic (exact) mass is 270 g/mol. The molecule has 0 aromatic carbocycles. The quantitative estimate of drug-likeness (QED) is 0.722. The summed E-state index contributed by atoms with van der Waals surface area (Å²) >= 11 is 0. The highest BCUT2D eigenvalue weighted by atomic mass is 16.5. The lowest BCUT2D eigenvalue weighted by Gasteiger charge is -2.27. The molecule has 0 radical (unpaired) electrons. The van der Waals surface area contributed by atoms with Gasteiger partial charge in [0.2, 0.25) is 0 Å². The van der Waals surface area contributed by atoms with E-state index >= 15 is 0 Å². The van der Waals surface area contributed by atoms with Crippen LogP contribution < -0.4 is 0 Å². The standard InChI is InChI=1S/C12H18N2O5/c1-19-11(17)8-4-6-13(7-8)12(18)14-5-2-3-9(14)10(15)16/h8-9H,2-7H2,1H3,(H,15,16). The van der Waals surface area contributed by atoms with Crippen molar-refractivity contribution in [1.29, 1.82) is 0 Å². The molecule has 106 valence electrons. The molecule has 0 bridgehead atoms. The second-order valence-corrected chi connectivity index (χ2v) is 4.93. The van der Waals surface area contributed by atoms with E-state index in [0.717, 1.165) is 0 Å². The molecular formula is C12H18N2O5. The van der Waals surface area contributed by atoms with Gasteiger partial charge in [0.25, 0.3) is 0 Å². The Morgan fingerprint density at radius 1 is 1.21 bits per heavy atom. The van der Waals surface area contributed by atoms with Gasteiger partial charge in [-0.25, -0.2) is 9.59 Å². The zero-order chi connectivity index (χ0) is 14.0. The summed E-state index contributed by atoms with van der Waals surface area (Å²) in [4.78, 5) is 37.7. The van der Waals surface area contributed by atoms with E-state index in [4.69, 9.17) is 5.11 Å². The molecule has 0 spiro atoms. The number of amides is 2. The van der Waals surface area contributed by atoms with E-state index in [2.05, 4.69) is 4.74 Å². The zero-order valence-electron chi connectivity index (χ0n) is 10.9. The van der Waals surface area contributed by atoms with Crippen molar-refractivity contribution < 1.29 is 24.2 Å². The first-order valence-electron chi connectivity index (χ1n) is 6.40. The highest BCUT2D eigenvalue weighted by Gasteiger charge is 2.39. The fourth-order valence-corrected chi connectivity index (χ4v) is 2.73. The summed E-state index contributed by atoms with van der Waals surface area (Å²) in [5.74, 6) is -1.57. The molecule has 2 unspecified atom stereocenters. The van der Waals surface area contributed by atoms with E-state index in [1.165, 1.54) is 12.0 Å². The topological polar surface area (TPSA) is 87.2 Å². The summed E-state index contributed by atoms with van der Waals surface area (Å²) < 4.78 is 4.66. The maximum Gasteiger partial charge on any atom is 0.326 e. The Morgan fingerprint density at radius 2 is 1.95 bits per heavy atom. The highest BCUT2D eigenvalue weighted by molar-refractivity contribution is 5.84. The van der Waals surface area contributed by atoms with Crippen molar-refractivity contribution in [2.75, 3.05) is 26.7 Å². The van der Waals surface area contributed by atoms with Crippen LogP contribution in [0.15, 0.2) is 0 Å². The summed E-state index contributed by atoms with van der Waals surface area (Å²) in [6.07, 6.45) is 1.77. The van der Waals surface area contributed by atoms with Gasteiger partial charge in [0.1, 0.15) is 6.04 Å². The Bertz CT molecular complexity index is 398. The fourth-order valence-electron chi connectivity index (χ4n) is 2.73. The van der Waals surface area contributed by atoms with Crippen LogP contribution in [-0.4, -0.2) is 65.7 Å². The summed E-state index contributed by atoms with van der Waals surface area (Å²) in [5.41, 5.74) is 0. The lowest BCUT2D eigenvalue weighted by Crippen LogP contribution is -2.47. The Morgan fingerprint density at radius 3 is 2.58 bits per heavy atom. The average Bonchev–Trinajstić information content (AvgIpc) is 3.05. The Balaban J connectivity index is 1.97. The first-order valence-corrected chi connectivity index (χ1v) is 6.40. The number of aliphatic carboxylic acids is 1. The molecule has 2 heterocycles. The van der Waals surface area contributed by atoms with Crippen LogP contribution in [0.1, 0.15) is 19.3 Å². The van der Waals surface area contributed by atoms with Crippen molar-refractivity contribution in [3.63, 3.8) is 0 Å². The molecule has 2 aliphatic rings. The summed E-state index contributed by atoms with van der Waals surface area (Å²) in [5, 5.41) is 9.07. The van der Waals surface area contributed by atoms with Gasteiger partial charge in [0.15, 0.2) is 0 Å². The van der Waals surface area contributed by atoms with E-state index in [1.807, 2.05) is 0 Å². The molecular weight excluding hydrogens is 252 g/mol. The number of hydrogen-bond donors (Lipinski definition) is 1. The number of nitrogens with zero attached hydrogens (tertiary/aromatic N) is 2. The van der Waals surface area contributed by atoms with Crippen LogP contribution in [0.4, 0.5) is 4.79 Å². The van der Waals surface area contributed by atoms with Crippen molar-refractivity contribution in [1.82, 2.24) is 9.80 Å². The molecule has 19 heavy (non-hydrogen) atoms. The van der Waals surface area contributed by atoms with Crippen LogP contribution in [0.2, 0.25) is 0 Å². The number of carboxylic acids is 1. The number of likely N-dealkylation sites (tertiary alicyclic amines) is 2. The normalized spacial score (nSPS) is 26.6. The third-order valence-electron chi connectivity index (χ3n) is 3.78. The van der Waals surface area contributed by atoms with E-state index in [0.29, 0.717) is 38.9 Å². The maximum atomic E-state index is 12.3. The van der Waals surface area contributed by atoms with Crippen LogP contribution in [0.25, 0.3) is 0 Å². The predicted molar refractivity (Wildman–Crippen MR) is 64.5 cm³/mol. The SMILES string of the molecule is COC(=O)C1CCN(C(=O)N2CCCC2C(=O)O)C1. The average molecular weight is 270 g/mol. The minimum absolute atomic E-state index is 0.281. The van der Waals surface area contributed by atoms with Crippen molar-refractivity contribution in [2.24, 2.45) is 5.92 Å². The van der Waals surface area contributed by atoms with E-state index in [1.54, 1.807) is 4.90 Å². The minimum Gasteiger partial charge on any atom is -0.480 e. The molecule has 0 aliphatic carbocycles. The van der Waals surface area contributed by atoms with Crippen LogP contribution in [0.5, 0.6) is 0 Å². The number of hydrogen-bond acceptors (Lipinski definition) is 4. The lowest BCUT2D eigenvalue weighted by atomic mass is 10.1. The van der Waals surface area contributed by atoms with Gasteiger partial charge >= 0.3 is 18.0 Å². The van der Waals surface area contributed by atoms with Gasteiger partial charge in [-0.3, -0.25) is 4.79 Å². The molecule has 2 amide bonds. The summed E-state index contributed by atoms with van der Waals surface area (Å²) in [6, 6.07) is -1.01. The summed E-state index contributed by atoms with van der Waals surface area (Å²) in [6.45, 7) is 1.25. The number of esters is 1. The number of carbonyl (C=O) groups is 3. The Hall–Kier alpha value is -1.79. The van der Waals surface area contributed by atoms with Crippen molar-refractivity contribution in [3.8, 4) is 0 Å². The first-order chi connectivity index (χ1) is 9.04. The molecule has 0 aromatic rings. The molecule has 2 atom stereocenters. The molecule has 0 saturated carbocycles. The predicted octanol–water partition coefficient (Wildman–Crippen LogP) is 0.150. The number of urea groups is 1. The molecule has 2 aliphatic heterocycles. The number of methoxy groups -OCH3 is 1. The van der Waals surface area contributed by atoms with Crippen molar-refractivity contribution in [2.45, 2.75) is 25.3 Å². The van der Waals surface area contributed by atoms with Crippen LogP contribution >= 0.6 is 0 Å². The molecule has 7 heteroatoms. The lowest BCUT2D eigenvalue weighted by molar-refractivity contribution is -0.145. The second kappa shape index (κ2) is 5.46. The van der Waals surface area contributed by atoms with Crippen LogP contribution in [0.3, 0.4) is 0 Å². The number of carboxylic acid groups (broad SMARTS) is 1. The molecule has 0 aromatic heterocycles. The van der Waals surface area contributed by atoms with Crippen LogP contribution in [-0.2, 0) is 14.3 Å². The maximum absolute atomic E-state index is 12.3. The van der Waals surface area contributed by atoms with Gasteiger partial charge in [0.05, 0.1) is 13.0 Å². The van der Waals surface area contributed by atoms with Crippen LogP contribution in [0, 0.1) is 5.92 Å². The number of rotatable bonds is 2. The zero-order valence-corrected chi connectivity index (χ0v) is 10.9. The minimum atomic E-state index is -0.963. The summed E-state index contributed by atoms with van der Waals surface area (Å²) in [7, 11) is 1.33. The molecule has 2 saturated heterocycles. The Kier molecular flexibility index (Phi) is 3.92. The molecule has 7 nitrogen and oxygen atoms in total. The van der Waals surface area contributed by atoms with Gasteiger partial charge in [0, 0.05) is 19.6 Å². The molecule has 1 N–H and O–H groups in total. The Labute approximate surface area is 111 Å². The van der Waals surface area contributed by atoms with E-state index < -0.39 is 12.0 Å². The third-order valence-corrected chi connectivity index (χ3v) is 3.78. The van der Waals surface area contributed by atoms with Gasteiger partial charge in [-0.1, -0.05) is 0 Å². The van der Waals surface area contributed by atoms with E-state index in [-0.39, 0.29) is 17.9 Å². The number of carbonyl (C=O) groups excluding carboxylic acids is 2. The molecule has 2 fully saturated rings. The fraction of sp³-hybridized carbons (Fsp3) is 0.750. The third kappa shape index (κ3) is 2.64. The van der Waals surface area contributed by atoms with Gasteiger partial charge < -0.3 is 19.6 Å². The van der Waals surface area contributed by atoms with Gasteiger partial charge in [-0.15, -0.1) is 0 Å². The van der Waals surface area contributed by atoms with E-state index in [9.17, 15) is 14.4 Å². The first kappa shape index (κ1) is 13.6. The highest BCUT2D eigenvalue weighted by Crippen LogP contribution is 2.23.